The Kier molecular flexibility index (Phi) is 9.62. The molecule has 78 heavy (non-hydrogen) atoms. The average molecular weight is 1030 g/mol. The lowest BCUT2D eigenvalue weighted by Crippen LogP contribution is -2.16. The van der Waals surface area contributed by atoms with Crippen LogP contribution in [0.15, 0.2) is 237 Å². The molecule has 0 N–H and O–H groups in total. The van der Waals surface area contributed by atoms with Crippen molar-refractivity contribution in [2.45, 2.75) is 25.8 Å². The van der Waals surface area contributed by atoms with Gasteiger partial charge < -0.3 is 13.7 Å². The van der Waals surface area contributed by atoms with Crippen molar-refractivity contribution in [3.63, 3.8) is 0 Å². The van der Waals surface area contributed by atoms with E-state index in [1.807, 2.05) is 22.7 Å². The molecule has 2 aliphatic rings. The molecule has 0 saturated carbocycles. The molecule has 3 nitrogen and oxygen atoms in total. The fraction of sp³-hybridized carbons (Fsp3) is 0.0685. The Labute approximate surface area is 458 Å². The third-order valence-corrected chi connectivity index (χ3v) is 19.5. The highest BCUT2D eigenvalue weighted by molar-refractivity contribution is 7.26. The highest BCUT2D eigenvalue weighted by Gasteiger charge is 2.25. The second-order valence-corrected chi connectivity index (χ2v) is 23.7. The van der Waals surface area contributed by atoms with Crippen molar-refractivity contribution in [2.75, 3.05) is 0 Å². The lowest BCUT2D eigenvalue weighted by Gasteiger charge is -2.27. The number of para-hydroxylation sites is 3. The average Bonchev–Trinajstić information content (AvgIpc) is 4.51. The summed E-state index contributed by atoms with van der Waals surface area (Å²) in [7, 11) is 0. The maximum atomic E-state index is 2.60. The zero-order valence-corrected chi connectivity index (χ0v) is 44.5. The molecule has 0 fully saturated rings. The van der Waals surface area contributed by atoms with Gasteiger partial charge in [0, 0.05) is 95.4 Å². The van der Waals surface area contributed by atoms with E-state index in [0.29, 0.717) is 5.92 Å². The summed E-state index contributed by atoms with van der Waals surface area (Å²) < 4.78 is 12.8. The van der Waals surface area contributed by atoms with Gasteiger partial charge in [0.05, 0.1) is 22.6 Å². The van der Waals surface area contributed by atoms with Crippen LogP contribution in [0.5, 0.6) is 0 Å². The summed E-state index contributed by atoms with van der Waals surface area (Å²) in [5, 5.41) is 11.7. The number of rotatable bonds is 6. The Morgan fingerprint density at radius 1 is 0.385 bits per heavy atom. The van der Waals surface area contributed by atoms with Gasteiger partial charge in [-0.2, -0.15) is 0 Å². The molecule has 0 bridgehead atoms. The van der Waals surface area contributed by atoms with E-state index in [0.717, 1.165) is 12.8 Å². The standard InChI is InChI=1S/C73H49N3S2/c1-44-25-26-50(46-14-12-13-45(37-46)49-29-34-71-60(40-49)57-19-6-11-24-70(57)77-71)41-69(44)76-66-23-10-5-18-56(66)59-39-48(28-33-68(59)76)47-27-32-67-58(38-47)55-17-4-9-22-65(55)75(67)52-31-36-73-62(43-52)61-42-51(30-35-72(61)78-73)74-63-20-7-2-15-53(63)54-16-3-8-21-64(54)74/h2,4-15,17-44,69H,3,16H2,1H3. The monoisotopic (exact) mass is 1030 g/mol. The molecule has 2 atom stereocenters. The minimum atomic E-state index is 0.133. The van der Waals surface area contributed by atoms with Crippen LogP contribution in [-0.4, -0.2) is 13.7 Å². The van der Waals surface area contributed by atoms with Crippen LogP contribution in [-0.2, 0) is 6.42 Å². The summed E-state index contributed by atoms with van der Waals surface area (Å²) in [5.74, 6) is 0.301. The summed E-state index contributed by atoms with van der Waals surface area (Å²) in [6.45, 7) is 2.36. The number of benzene rings is 10. The first-order chi connectivity index (χ1) is 38.6. The molecular weight excluding hydrogens is 983 g/mol. The molecule has 2 unspecified atom stereocenters. The van der Waals surface area contributed by atoms with Gasteiger partial charge in [-0.3, -0.25) is 0 Å². The minimum absolute atomic E-state index is 0.133. The normalized spacial score (nSPS) is 15.6. The number of aromatic nitrogens is 3. The Morgan fingerprint density at radius 2 is 0.897 bits per heavy atom. The molecule has 15 aromatic rings. The first-order valence-electron chi connectivity index (χ1n) is 27.3. The molecule has 0 saturated heterocycles. The van der Waals surface area contributed by atoms with Gasteiger partial charge in [0.2, 0.25) is 0 Å². The summed E-state index contributed by atoms with van der Waals surface area (Å²) >= 11 is 3.75. The van der Waals surface area contributed by atoms with Gasteiger partial charge in [0.25, 0.3) is 0 Å². The molecular formula is C73H49N3S2. The van der Waals surface area contributed by atoms with E-state index in [9.17, 15) is 0 Å². The van der Waals surface area contributed by atoms with Crippen molar-refractivity contribution < 1.29 is 0 Å². The van der Waals surface area contributed by atoms with Gasteiger partial charge in [0.15, 0.2) is 0 Å². The van der Waals surface area contributed by atoms with E-state index in [1.54, 1.807) is 0 Å². The molecule has 5 aromatic heterocycles. The molecule has 0 spiro atoms. The fourth-order valence-corrected chi connectivity index (χ4v) is 15.6. The molecule has 0 aliphatic heterocycles. The predicted octanol–water partition coefficient (Wildman–Crippen LogP) is 20.7. The predicted molar refractivity (Wildman–Crippen MR) is 336 cm³/mol. The summed E-state index contributed by atoms with van der Waals surface area (Å²) in [6.07, 6.45) is 14.1. The number of fused-ring (bicyclic) bond motifs is 15. The summed E-state index contributed by atoms with van der Waals surface area (Å²) in [4.78, 5) is 0. The molecule has 2 aliphatic carbocycles. The smallest absolute Gasteiger partial charge is 0.0591 e. The largest absolute Gasteiger partial charge is 0.333 e. The first kappa shape index (κ1) is 44.2. The van der Waals surface area contributed by atoms with Crippen molar-refractivity contribution >= 4 is 129 Å². The third-order valence-electron chi connectivity index (χ3n) is 17.2. The van der Waals surface area contributed by atoms with Crippen LogP contribution in [0.3, 0.4) is 0 Å². The summed E-state index contributed by atoms with van der Waals surface area (Å²) in [6, 6.07) is 80.2. The van der Waals surface area contributed by atoms with Crippen LogP contribution < -0.4 is 0 Å². The first-order valence-corrected chi connectivity index (χ1v) is 28.9. The number of aryl methyl sites for hydroxylation is 1. The number of allylic oxidation sites excluding steroid dienone is 5. The van der Waals surface area contributed by atoms with E-state index in [-0.39, 0.29) is 6.04 Å². The lowest BCUT2D eigenvalue weighted by atomic mass is 9.88. The number of nitrogens with zero attached hydrogens (tertiary/aromatic N) is 3. The zero-order chi connectivity index (χ0) is 51.2. The Morgan fingerprint density at radius 3 is 1.65 bits per heavy atom. The topological polar surface area (TPSA) is 14.8 Å². The van der Waals surface area contributed by atoms with Gasteiger partial charge in [-0.25, -0.2) is 0 Å². The number of hydrogen-bond donors (Lipinski definition) is 0. The second-order valence-electron chi connectivity index (χ2n) is 21.5. The highest BCUT2D eigenvalue weighted by Crippen LogP contribution is 2.45. The van der Waals surface area contributed by atoms with Crippen LogP contribution in [0.2, 0.25) is 0 Å². The zero-order valence-electron chi connectivity index (χ0n) is 42.8. The van der Waals surface area contributed by atoms with Crippen LogP contribution >= 0.6 is 22.7 Å². The summed E-state index contributed by atoms with van der Waals surface area (Å²) in [5.41, 5.74) is 18.8. The second kappa shape index (κ2) is 17.0. The van der Waals surface area contributed by atoms with Crippen molar-refractivity contribution in [3.05, 3.63) is 253 Å². The SMILES string of the molecule is CC1C=CC(c2cccc(-c3ccc4sc5ccccc5c4c3)c2)=CC1n1c2ccccc2c2cc(-c3ccc4c(c3)c3ccccc3n4-c3ccc4sc5ccc(-n6c7c(c8ccccc86)CCC=C7)cc5c4c3)ccc21. The van der Waals surface area contributed by atoms with Crippen LogP contribution in [0.4, 0.5) is 0 Å². The van der Waals surface area contributed by atoms with Gasteiger partial charge in [-0.15, -0.1) is 22.7 Å². The molecule has 10 aromatic carbocycles. The van der Waals surface area contributed by atoms with Crippen LogP contribution in [0.25, 0.3) is 140 Å². The van der Waals surface area contributed by atoms with Crippen LogP contribution in [0.1, 0.15) is 36.2 Å². The Balaban J connectivity index is 0.743. The third kappa shape index (κ3) is 6.62. The van der Waals surface area contributed by atoms with Crippen molar-refractivity contribution in [3.8, 4) is 33.6 Å². The quantitative estimate of drug-likeness (QED) is 0.158. The van der Waals surface area contributed by atoms with E-state index >= 15 is 0 Å². The molecule has 0 amide bonds. The van der Waals surface area contributed by atoms with Gasteiger partial charge in [0.1, 0.15) is 0 Å². The fourth-order valence-electron chi connectivity index (χ4n) is 13.5. The van der Waals surface area contributed by atoms with E-state index in [4.69, 9.17) is 0 Å². The Hall–Kier alpha value is -9.00. The lowest BCUT2D eigenvalue weighted by molar-refractivity contribution is 0.512. The van der Waals surface area contributed by atoms with E-state index in [1.165, 1.54) is 151 Å². The highest BCUT2D eigenvalue weighted by atomic mass is 32.1. The maximum Gasteiger partial charge on any atom is 0.0591 e. The Bertz CT molecular complexity index is 5140. The molecule has 0 radical (unpaired) electrons. The van der Waals surface area contributed by atoms with Crippen molar-refractivity contribution in [2.24, 2.45) is 5.92 Å². The number of thiophene rings is 2. The molecule has 368 valence electrons. The molecule has 5 heterocycles. The van der Waals surface area contributed by atoms with Crippen molar-refractivity contribution in [1.29, 1.82) is 0 Å². The van der Waals surface area contributed by atoms with Crippen LogP contribution in [0, 0.1) is 5.92 Å². The van der Waals surface area contributed by atoms with Crippen molar-refractivity contribution in [1.82, 2.24) is 13.7 Å². The van der Waals surface area contributed by atoms with Gasteiger partial charge in [-0.05, 0) is 167 Å². The minimum Gasteiger partial charge on any atom is -0.333 e. The van der Waals surface area contributed by atoms with E-state index in [2.05, 4.69) is 263 Å². The molecule has 5 heteroatoms. The van der Waals surface area contributed by atoms with Gasteiger partial charge in [-0.1, -0.05) is 140 Å². The van der Waals surface area contributed by atoms with Gasteiger partial charge >= 0.3 is 0 Å². The maximum absolute atomic E-state index is 2.60. The van der Waals surface area contributed by atoms with E-state index < -0.39 is 0 Å². The molecule has 17 rings (SSSR count). The number of hydrogen-bond acceptors (Lipinski definition) is 2.